The number of aliphatic carboxylic acids is 1. The Bertz CT molecular complexity index is 677. The topological polar surface area (TPSA) is 62.7 Å². The number of aromatic nitrogens is 1. The number of pyridine rings is 1. The van der Waals surface area contributed by atoms with Crippen LogP contribution in [0.3, 0.4) is 0 Å². The highest BCUT2D eigenvalue weighted by Gasteiger charge is 2.26. The number of hydrogen-bond donors (Lipinski definition) is 1. The number of hydrogen-bond acceptors (Lipinski definition) is 4. The number of carboxylic acid groups (broad SMARTS) is 1. The first kappa shape index (κ1) is 14.3. The van der Waals surface area contributed by atoms with Gasteiger partial charge in [0.2, 0.25) is 0 Å². The van der Waals surface area contributed by atoms with Gasteiger partial charge in [-0.2, -0.15) is 0 Å². The zero-order valence-electron chi connectivity index (χ0n) is 11.3. The summed E-state index contributed by atoms with van der Waals surface area (Å²) in [6.45, 7) is 2.15. The summed E-state index contributed by atoms with van der Waals surface area (Å²) in [7, 11) is 0. The Labute approximate surface area is 127 Å². The van der Waals surface area contributed by atoms with Gasteiger partial charge < -0.3 is 9.84 Å². The van der Waals surface area contributed by atoms with E-state index in [1.165, 1.54) is 0 Å². The number of benzene rings is 1. The fourth-order valence-electron chi connectivity index (χ4n) is 2.56. The predicted octanol–water partition coefficient (Wildman–Crippen LogP) is 2.17. The molecule has 0 bridgehead atoms. The molecule has 0 amide bonds. The monoisotopic (exact) mass is 306 g/mol. The molecule has 0 spiro atoms. The number of carboxylic acids is 1. The molecule has 5 nitrogen and oxygen atoms in total. The van der Waals surface area contributed by atoms with Crippen LogP contribution in [0, 0.1) is 0 Å². The van der Waals surface area contributed by atoms with Crippen molar-refractivity contribution in [3.05, 3.63) is 41.0 Å². The van der Waals surface area contributed by atoms with E-state index in [1.807, 2.05) is 24.3 Å². The Kier molecular flexibility index (Phi) is 4.05. The van der Waals surface area contributed by atoms with Crippen LogP contribution in [0.1, 0.15) is 5.56 Å². The largest absolute Gasteiger partial charge is 0.479 e. The smallest absolute Gasteiger partial charge is 0.334 e. The Morgan fingerprint density at radius 2 is 2.33 bits per heavy atom. The minimum Gasteiger partial charge on any atom is -0.479 e. The maximum Gasteiger partial charge on any atom is 0.334 e. The Morgan fingerprint density at radius 1 is 1.48 bits per heavy atom. The van der Waals surface area contributed by atoms with Crippen LogP contribution in [0.15, 0.2) is 30.5 Å². The van der Waals surface area contributed by atoms with Gasteiger partial charge >= 0.3 is 5.97 Å². The molecular formula is C15H15ClN2O3. The molecule has 2 aromatic rings. The van der Waals surface area contributed by atoms with E-state index in [0.29, 0.717) is 31.3 Å². The lowest BCUT2D eigenvalue weighted by Crippen LogP contribution is -2.45. The number of nitrogens with zero attached hydrogens (tertiary/aromatic N) is 2. The van der Waals surface area contributed by atoms with Gasteiger partial charge in [0, 0.05) is 36.2 Å². The quantitative estimate of drug-likeness (QED) is 0.941. The third-order valence-corrected chi connectivity index (χ3v) is 3.95. The summed E-state index contributed by atoms with van der Waals surface area (Å²) >= 11 is 6.19. The molecule has 1 aromatic heterocycles. The van der Waals surface area contributed by atoms with Crippen molar-refractivity contribution in [3.63, 3.8) is 0 Å². The van der Waals surface area contributed by atoms with Crippen LogP contribution in [0.4, 0.5) is 0 Å². The van der Waals surface area contributed by atoms with E-state index in [-0.39, 0.29) is 0 Å². The maximum atomic E-state index is 11.0. The van der Waals surface area contributed by atoms with Crippen molar-refractivity contribution < 1.29 is 14.6 Å². The first-order valence-corrected chi connectivity index (χ1v) is 7.12. The highest BCUT2D eigenvalue weighted by molar-refractivity contribution is 6.35. The van der Waals surface area contributed by atoms with Crippen molar-refractivity contribution >= 4 is 28.5 Å². The van der Waals surface area contributed by atoms with Crippen molar-refractivity contribution in [2.75, 3.05) is 19.7 Å². The molecule has 1 aliphatic heterocycles. The van der Waals surface area contributed by atoms with Gasteiger partial charge in [-0.25, -0.2) is 4.79 Å². The first-order chi connectivity index (χ1) is 10.1. The van der Waals surface area contributed by atoms with E-state index in [4.69, 9.17) is 21.4 Å². The van der Waals surface area contributed by atoms with E-state index in [2.05, 4.69) is 9.88 Å². The third kappa shape index (κ3) is 3.00. The van der Waals surface area contributed by atoms with Crippen molar-refractivity contribution in [2.24, 2.45) is 0 Å². The normalized spacial score (nSPS) is 19.8. The lowest BCUT2D eigenvalue weighted by molar-refractivity contribution is -0.156. The van der Waals surface area contributed by atoms with E-state index < -0.39 is 12.1 Å². The lowest BCUT2D eigenvalue weighted by Gasteiger charge is -2.30. The third-order valence-electron chi connectivity index (χ3n) is 3.62. The fraction of sp³-hybridized carbons (Fsp3) is 0.333. The number of carbonyl (C=O) groups is 1. The summed E-state index contributed by atoms with van der Waals surface area (Å²) < 4.78 is 5.24. The highest BCUT2D eigenvalue weighted by atomic mass is 35.5. The second kappa shape index (κ2) is 5.97. The molecule has 1 N–H and O–H groups in total. The van der Waals surface area contributed by atoms with Gasteiger partial charge in [-0.05, 0) is 23.8 Å². The summed E-state index contributed by atoms with van der Waals surface area (Å²) in [4.78, 5) is 17.5. The average Bonchev–Trinajstić information content (AvgIpc) is 2.51. The maximum absolute atomic E-state index is 11.0. The molecule has 0 saturated carbocycles. The lowest BCUT2D eigenvalue weighted by atomic mass is 10.1. The summed E-state index contributed by atoms with van der Waals surface area (Å²) in [6, 6.07) is 7.60. The minimum atomic E-state index is -0.918. The Morgan fingerprint density at radius 3 is 3.14 bits per heavy atom. The molecule has 6 heteroatoms. The number of fused-ring (bicyclic) bond motifs is 1. The Hall–Kier alpha value is -1.69. The number of rotatable bonds is 3. The molecule has 1 fully saturated rings. The summed E-state index contributed by atoms with van der Waals surface area (Å²) in [5, 5.41) is 10.6. The van der Waals surface area contributed by atoms with Crippen molar-refractivity contribution in [2.45, 2.75) is 12.6 Å². The van der Waals surface area contributed by atoms with Gasteiger partial charge in [0.05, 0.1) is 12.1 Å². The molecule has 1 unspecified atom stereocenters. The molecule has 110 valence electrons. The second-order valence-electron chi connectivity index (χ2n) is 5.04. The molecule has 1 aromatic carbocycles. The Balaban J connectivity index is 1.85. The molecule has 3 rings (SSSR count). The van der Waals surface area contributed by atoms with Gasteiger partial charge in [0.1, 0.15) is 0 Å². The molecule has 1 atom stereocenters. The van der Waals surface area contributed by atoms with Crippen molar-refractivity contribution in [3.8, 4) is 0 Å². The summed E-state index contributed by atoms with van der Waals surface area (Å²) in [5.74, 6) is -0.918. The van der Waals surface area contributed by atoms with Crippen LogP contribution in [-0.4, -0.2) is 46.8 Å². The van der Waals surface area contributed by atoms with Gasteiger partial charge in [-0.1, -0.05) is 17.7 Å². The molecule has 2 heterocycles. The zero-order valence-corrected chi connectivity index (χ0v) is 12.1. The summed E-state index contributed by atoms with van der Waals surface area (Å²) in [6.07, 6.45) is 0.979. The average molecular weight is 307 g/mol. The number of halogens is 1. The van der Waals surface area contributed by atoms with Crippen LogP contribution in [0.5, 0.6) is 0 Å². The van der Waals surface area contributed by atoms with Crippen molar-refractivity contribution in [1.29, 1.82) is 0 Å². The predicted molar refractivity (Wildman–Crippen MR) is 79.4 cm³/mol. The van der Waals surface area contributed by atoms with Crippen LogP contribution in [-0.2, 0) is 16.1 Å². The molecule has 0 aliphatic carbocycles. The van der Waals surface area contributed by atoms with Crippen LogP contribution in [0.2, 0.25) is 5.02 Å². The molecular weight excluding hydrogens is 292 g/mol. The number of ether oxygens (including phenoxy) is 1. The summed E-state index contributed by atoms with van der Waals surface area (Å²) in [5.41, 5.74) is 1.91. The van der Waals surface area contributed by atoms with Crippen molar-refractivity contribution in [1.82, 2.24) is 9.88 Å². The minimum absolute atomic E-state index is 0.381. The van der Waals surface area contributed by atoms with E-state index in [0.717, 1.165) is 16.5 Å². The van der Waals surface area contributed by atoms with E-state index in [1.54, 1.807) is 6.20 Å². The van der Waals surface area contributed by atoms with Crippen LogP contribution in [0.25, 0.3) is 10.9 Å². The van der Waals surface area contributed by atoms with Crippen LogP contribution >= 0.6 is 11.6 Å². The molecule has 21 heavy (non-hydrogen) atoms. The fourth-order valence-corrected chi connectivity index (χ4v) is 2.78. The van der Waals surface area contributed by atoms with Gasteiger partial charge in [-0.15, -0.1) is 0 Å². The van der Waals surface area contributed by atoms with Gasteiger partial charge in [-0.3, -0.25) is 9.88 Å². The number of morpholine rings is 1. The first-order valence-electron chi connectivity index (χ1n) is 6.74. The zero-order chi connectivity index (χ0) is 14.8. The SMILES string of the molecule is O=C(O)C1CN(Cc2ccc(Cl)c3cccnc23)CCO1. The second-order valence-corrected chi connectivity index (χ2v) is 5.45. The highest BCUT2D eigenvalue weighted by Crippen LogP contribution is 2.26. The van der Waals surface area contributed by atoms with Gasteiger partial charge in [0.25, 0.3) is 0 Å². The standard InChI is InChI=1S/C15H15ClN2O3/c16-12-4-3-10(14-11(12)2-1-5-17-14)8-18-6-7-21-13(9-18)15(19)20/h1-5,13H,6-9H2,(H,19,20). The van der Waals surface area contributed by atoms with E-state index in [9.17, 15) is 4.79 Å². The van der Waals surface area contributed by atoms with E-state index >= 15 is 0 Å². The van der Waals surface area contributed by atoms with Crippen LogP contribution < -0.4 is 0 Å². The molecule has 0 radical (unpaired) electrons. The van der Waals surface area contributed by atoms with Gasteiger partial charge in [0.15, 0.2) is 6.10 Å². The molecule has 1 saturated heterocycles. The molecule has 1 aliphatic rings.